The topological polar surface area (TPSA) is 15.3 Å². The van der Waals surface area contributed by atoms with Crippen molar-refractivity contribution in [1.82, 2.24) is 10.2 Å². The summed E-state index contributed by atoms with van der Waals surface area (Å²) in [6.45, 7) is 10.1. The van der Waals surface area contributed by atoms with Crippen LogP contribution < -0.4 is 5.32 Å². The van der Waals surface area contributed by atoms with Crippen molar-refractivity contribution in [3.8, 4) is 0 Å². The third kappa shape index (κ3) is 5.22. The number of hydrogen-bond donors (Lipinski definition) is 1. The second kappa shape index (κ2) is 8.38. The van der Waals surface area contributed by atoms with Crippen LogP contribution >= 0.6 is 0 Å². The van der Waals surface area contributed by atoms with Gasteiger partial charge in [0.2, 0.25) is 0 Å². The van der Waals surface area contributed by atoms with Gasteiger partial charge in [-0.25, -0.2) is 4.39 Å². The molecule has 0 spiro atoms. The summed E-state index contributed by atoms with van der Waals surface area (Å²) in [6, 6.07) is 6.41. The van der Waals surface area contributed by atoms with Crippen molar-refractivity contribution in [1.29, 1.82) is 0 Å². The van der Waals surface area contributed by atoms with Gasteiger partial charge < -0.3 is 5.32 Å². The quantitative estimate of drug-likeness (QED) is 0.776. The maximum atomic E-state index is 14.0. The lowest BCUT2D eigenvalue weighted by atomic mass is 10.1. The molecule has 1 aromatic rings. The Morgan fingerprint density at radius 3 is 2.40 bits per heavy atom. The Morgan fingerprint density at radius 1 is 1.20 bits per heavy atom. The Bertz CT molecular complexity index is 400. The van der Waals surface area contributed by atoms with Crippen LogP contribution in [0.2, 0.25) is 0 Å². The SMILES string of the molecule is CCC(CC)N(C)Cc1cc(CNC(C)C)ccc1F. The van der Waals surface area contributed by atoms with Crippen LogP contribution in [-0.2, 0) is 13.1 Å². The van der Waals surface area contributed by atoms with Crippen LogP contribution in [0.15, 0.2) is 18.2 Å². The lowest BCUT2D eigenvalue weighted by molar-refractivity contribution is 0.219. The molecule has 0 radical (unpaired) electrons. The van der Waals surface area contributed by atoms with Crippen LogP contribution in [0.5, 0.6) is 0 Å². The molecule has 0 heterocycles. The fourth-order valence-electron chi connectivity index (χ4n) is 2.49. The first kappa shape index (κ1) is 17.1. The normalized spacial score (nSPS) is 11.8. The maximum Gasteiger partial charge on any atom is 0.127 e. The third-order valence-corrected chi connectivity index (χ3v) is 3.81. The highest BCUT2D eigenvalue weighted by atomic mass is 19.1. The molecule has 0 amide bonds. The van der Waals surface area contributed by atoms with Crippen LogP contribution in [0, 0.1) is 5.82 Å². The van der Waals surface area contributed by atoms with Gasteiger partial charge in [0, 0.05) is 30.7 Å². The zero-order valence-electron chi connectivity index (χ0n) is 13.5. The van der Waals surface area contributed by atoms with E-state index in [9.17, 15) is 4.39 Å². The first-order valence-electron chi connectivity index (χ1n) is 7.68. The average molecular weight is 280 g/mol. The molecule has 0 fully saturated rings. The van der Waals surface area contributed by atoms with E-state index in [-0.39, 0.29) is 5.82 Å². The fourth-order valence-corrected chi connectivity index (χ4v) is 2.49. The second-order valence-electron chi connectivity index (χ2n) is 5.85. The summed E-state index contributed by atoms with van der Waals surface area (Å²) in [4.78, 5) is 2.25. The van der Waals surface area contributed by atoms with Gasteiger partial charge in [-0.3, -0.25) is 4.90 Å². The van der Waals surface area contributed by atoms with Crippen LogP contribution in [-0.4, -0.2) is 24.0 Å². The summed E-state index contributed by atoms with van der Waals surface area (Å²) in [5, 5.41) is 3.37. The third-order valence-electron chi connectivity index (χ3n) is 3.81. The van der Waals surface area contributed by atoms with Crippen molar-refractivity contribution >= 4 is 0 Å². The Kier molecular flexibility index (Phi) is 7.17. The monoisotopic (exact) mass is 280 g/mol. The molecule has 0 aliphatic heterocycles. The fraction of sp³-hybridized carbons (Fsp3) is 0.647. The van der Waals surface area contributed by atoms with Gasteiger partial charge in [0.15, 0.2) is 0 Å². The Balaban J connectivity index is 2.75. The minimum absolute atomic E-state index is 0.101. The molecular formula is C17H29FN2. The van der Waals surface area contributed by atoms with Gasteiger partial charge in [0.1, 0.15) is 5.82 Å². The van der Waals surface area contributed by atoms with Gasteiger partial charge in [-0.15, -0.1) is 0 Å². The molecule has 0 unspecified atom stereocenters. The Labute approximate surface area is 123 Å². The summed E-state index contributed by atoms with van der Waals surface area (Å²) in [5.74, 6) is -0.101. The highest BCUT2D eigenvalue weighted by molar-refractivity contribution is 5.25. The standard InChI is InChI=1S/C17H29FN2/c1-6-16(7-2)20(5)12-15-10-14(8-9-17(15)18)11-19-13(3)4/h8-10,13,16,19H,6-7,11-12H2,1-5H3. The molecule has 0 bridgehead atoms. The molecule has 2 nitrogen and oxygen atoms in total. The lowest BCUT2D eigenvalue weighted by Gasteiger charge is -2.26. The van der Waals surface area contributed by atoms with E-state index in [0.717, 1.165) is 30.5 Å². The van der Waals surface area contributed by atoms with Crippen molar-refractivity contribution in [3.63, 3.8) is 0 Å². The maximum absolute atomic E-state index is 14.0. The van der Waals surface area contributed by atoms with Crippen molar-refractivity contribution in [2.75, 3.05) is 7.05 Å². The van der Waals surface area contributed by atoms with Crippen molar-refractivity contribution in [2.45, 2.75) is 65.7 Å². The van der Waals surface area contributed by atoms with Crippen molar-refractivity contribution in [2.24, 2.45) is 0 Å². The largest absolute Gasteiger partial charge is 0.310 e. The summed E-state index contributed by atoms with van der Waals surface area (Å²) in [7, 11) is 2.08. The van der Waals surface area contributed by atoms with Crippen molar-refractivity contribution < 1.29 is 4.39 Å². The molecule has 0 aliphatic carbocycles. The molecule has 3 heteroatoms. The van der Waals surface area contributed by atoms with Crippen LogP contribution in [0.4, 0.5) is 4.39 Å². The molecule has 0 saturated carbocycles. The zero-order chi connectivity index (χ0) is 15.1. The molecule has 0 atom stereocenters. The van der Waals surface area contributed by atoms with E-state index in [2.05, 4.69) is 45.0 Å². The average Bonchev–Trinajstić information content (AvgIpc) is 2.41. The van der Waals surface area contributed by atoms with Gasteiger partial charge in [0.25, 0.3) is 0 Å². The predicted molar refractivity (Wildman–Crippen MR) is 84.2 cm³/mol. The molecule has 20 heavy (non-hydrogen) atoms. The second-order valence-corrected chi connectivity index (χ2v) is 5.85. The first-order valence-corrected chi connectivity index (χ1v) is 7.68. The van der Waals surface area contributed by atoms with Crippen LogP contribution in [0.25, 0.3) is 0 Å². The summed E-state index contributed by atoms with van der Waals surface area (Å²) < 4.78 is 14.0. The Hall–Kier alpha value is -0.930. The number of nitrogens with one attached hydrogen (secondary N) is 1. The van der Waals surface area contributed by atoms with E-state index >= 15 is 0 Å². The van der Waals surface area contributed by atoms with Crippen molar-refractivity contribution in [3.05, 3.63) is 35.1 Å². The molecule has 1 rings (SSSR count). The molecule has 1 aromatic carbocycles. The van der Waals surface area contributed by atoms with Gasteiger partial charge >= 0.3 is 0 Å². The van der Waals surface area contributed by atoms with Gasteiger partial charge in [-0.05, 0) is 31.5 Å². The molecule has 0 aliphatic rings. The van der Waals surface area contributed by atoms with Gasteiger partial charge in [0.05, 0.1) is 0 Å². The van der Waals surface area contributed by atoms with E-state index in [1.54, 1.807) is 6.07 Å². The van der Waals surface area contributed by atoms with Crippen LogP contribution in [0.1, 0.15) is 51.7 Å². The van der Waals surface area contributed by atoms with Gasteiger partial charge in [-0.1, -0.05) is 39.8 Å². The number of halogens is 1. The molecule has 114 valence electrons. The number of rotatable bonds is 8. The summed E-state index contributed by atoms with van der Waals surface area (Å²) in [6.07, 6.45) is 2.20. The highest BCUT2D eigenvalue weighted by Crippen LogP contribution is 2.16. The number of hydrogen-bond acceptors (Lipinski definition) is 2. The van der Waals surface area contributed by atoms with E-state index in [0.29, 0.717) is 18.6 Å². The smallest absolute Gasteiger partial charge is 0.127 e. The lowest BCUT2D eigenvalue weighted by Crippen LogP contribution is -2.30. The molecule has 0 aromatic heterocycles. The molecular weight excluding hydrogens is 251 g/mol. The minimum Gasteiger partial charge on any atom is -0.310 e. The molecule has 0 saturated heterocycles. The summed E-state index contributed by atoms with van der Waals surface area (Å²) in [5.41, 5.74) is 1.94. The molecule has 1 N–H and O–H groups in total. The van der Waals surface area contributed by atoms with Crippen LogP contribution in [0.3, 0.4) is 0 Å². The van der Waals surface area contributed by atoms with Gasteiger partial charge in [-0.2, -0.15) is 0 Å². The summed E-state index contributed by atoms with van der Waals surface area (Å²) >= 11 is 0. The van der Waals surface area contributed by atoms with E-state index in [1.165, 1.54) is 0 Å². The van der Waals surface area contributed by atoms with E-state index in [4.69, 9.17) is 0 Å². The van der Waals surface area contributed by atoms with E-state index in [1.807, 2.05) is 12.1 Å². The minimum atomic E-state index is -0.101. The first-order chi connectivity index (χ1) is 9.47. The number of nitrogens with zero attached hydrogens (tertiary/aromatic N) is 1. The highest BCUT2D eigenvalue weighted by Gasteiger charge is 2.13. The predicted octanol–water partition coefficient (Wildman–Crippen LogP) is 3.94. The Morgan fingerprint density at radius 2 is 1.85 bits per heavy atom. The number of benzene rings is 1. The zero-order valence-corrected chi connectivity index (χ0v) is 13.5. The van der Waals surface area contributed by atoms with E-state index < -0.39 is 0 Å².